The molecule has 0 saturated carbocycles. The van der Waals surface area contributed by atoms with Gasteiger partial charge in [-0.15, -0.1) is 0 Å². The Morgan fingerprint density at radius 1 is 0.881 bits per heavy atom. The van der Waals surface area contributed by atoms with E-state index in [1.165, 1.54) is 6.07 Å². The van der Waals surface area contributed by atoms with Gasteiger partial charge in [-0.05, 0) is 42.5 Å². The molecule has 0 aliphatic carbocycles. The lowest BCUT2D eigenvalue weighted by atomic mass is 9.98. The largest absolute Gasteiger partial charge is 0.497 e. The first kappa shape index (κ1) is 25.4. The quantitative estimate of drug-likeness (QED) is 0.260. The number of esters is 4. The highest BCUT2D eigenvalue weighted by molar-refractivity contribution is 6.32. The van der Waals surface area contributed by atoms with E-state index in [0.29, 0.717) is 11.4 Å². The minimum Gasteiger partial charge on any atom is -0.497 e. The summed E-state index contributed by atoms with van der Waals surface area (Å²) in [7, 11) is 1.57. The molecule has 1 aliphatic rings. The fourth-order valence-corrected chi connectivity index (χ4v) is 4.69. The third-order valence-electron chi connectivity index (χ3n) is 6.14. The molecule has 1 fully saturated rings. The van der Waals surface area contributed by atoms with Crippen molar-refractivity contribution >= 4 is 46.4 Å². The molecule has 0 radical (unpaired) electrons. The van der Waals surface area contributed by atoms with Crippen molar-refractivity contribution in [3.63, 3.8) is 0 Å². The number of fused-ring (bicyclic) bond motifs is 1. The standard InChI is InChI=1S/C29H30ClNO11/c1-15(32)37-14-25-26(38-16(2)33)27(39-17(3)34)28(40-18(4)35)29(42-25)41-24-9-6-20(13-22(24)30)31-11-10-19-12-21(36-5)7-8-23(19)31/h6-13,25-29H,14H2,1-5H3/t25-,26-,27+,28+,29?/m1/s1/i1D,2D,3D,4D. The number of nitrogens with zero attached hydrogens (tertiary/aromatic N) is 1. The summed E-state index contributed by atoms with van der Waals surface area (Å²) in [4.78, 5) is 48.6. The topological polar surface area (TPSA) is 138 Å². The summed E-state index contributed by atoms with van der Waals surface area (Å²) >= 11 is 6.62. The van der Waals surface area contributed by atoms with Crippen molar-refractivity contribution in [1.82, 2.24) is 4.57 Å². The van der Waals surface area contributed by atoms with Gasteiger partial charge in [0.25, 0.3) is 0 Å². The van der Waals surface area contributed by atoms with Crippen LogP contribution in [-0.4, -0.2) is 72.9 Å². The van der Waals surface area contributed by atoms with Crippen molar-refractivity contribution < 1.29 is 57.8 Å². The second-order valence-corrected chi connectivity index (χ2v) is 9.34. The third kappa shape index (κ3) is 7.12. The van der Waals surface area contributed by atoms with Crippen LogP contribution >= 0.6 is 11.6 Å². The molecule has 1 aromatic heterocycles. The minimum atomic E-state index is -1.69. The summed E-state index contributed by atoms with van der Waals surface area (Å²) in [6.07, 6.45) is -6.22. The number of methoxy groups -OCH3 is 1. The van der Waals surface area contributed by atoms with E-state index in [1.807, 2.05) is 35.0 Å². The number of benzene rings is 2. The second-order valence-electron chi connectivity index (χ2n) is 8.93. The van der Waals surface area contributed by atoms with Gasteiger partial charge in [0.2, 0.25) is 12.4 Å². The minimum absolute atomic E-state index is 0.0227. The van der Waals surface area contributed by atoms with Gasteiger partial charge in [0.15, 0.2) is 12.2 Å². The molecule has 224 valence electrons. The number of hydrogen-bond donors (Lipinski definition) is 0. The zero-order valence-corrected chi connectivity index (χ0v) is 23.1. The van der Waals surface area contributed by atoms with E-state index in [2.05, 4.69) is 0 Å². The molecule has 2 aromatic carbocycles. The molecular weight excluding hydrogens is 574 g/mol. The molecule has 1 unspecified atom stereocenters. The van der Waals surface area contributed by atoms with Crippen LogP contribution in [0.1, 0.15) is 33.1 Å². The van der Waals surface area contributed by atoms with Gasteiger partial charge in [0.05, 0.1) is 17.6 Å². The van der Waals surface area contributed by atoms with Crippen LogP contribution in [0.4, 0.5) is 0 Å². The van der Waals surface area contributed by atoms with Crippen molar-refractivity contribution in [2.24, 2.45) is 0 Å². The van der Waals surface area contributed by atoms with Crippen molar-refractivity contribution in [2.45, 2.75) is 58.3 Å². The van der Waals surface area contributed by atoms with Gasteiger partial charge in [-0.1, -0.05) is 11.6 Å². The summed E-state index contributed by atoms with van der Waals surface area (Å²) in [5.41, 5.74) is 1.52. The first-order valence-electron chi connectivity index (χ1n) is 15.1. The van der Waals surface area contributed by atoms with Gasteiger partial charge in [0, 0.05) is 50.4 Å². The van der Waals surface area contributed by atoms with Crippen LogP contribution in [0.15, 0.2) is 48.7 Å². The Balaban J connectivity index is 1.71. The average Bonchev–Trinajstić information content (AvgIpc) is 3.49. The normalized spacial score (nSPS) is 23.0. The molecule has 5 atom stereocenters. The number of halogens is 1. The predicted molar refractivity (Wildman–Crippen MR) is 147 cm³/mol. The van der Waals surface area contributed by atoms with Crippen LogP contribution in [-0.2, 0) is 42.9 Å². The molecular formula is C29H30ClNO11. The Labute approximate surface area is 251 Å². The zero-order chi connectivity index (χ0) is 33.4. The summed E-state index contributed by atoms with van der Waals surface area (Å²) in [5.74, 6) is -3.52. The molecule has 4 rings (SSSR count). The Hall–Kier alpha value is -4.29. The maximum atomic E-state index is 12.3. The van der Waals surface area contributed by atoms with Gasteiger partial charge >= 0.3 is 23.9 Å². The lowest BCUT2D eigenvalue weighted by Gasteiger charge is -2.44. The third-order valence-corrected chi connectivity index (χ3v) is 6.43. The van der Waals surface area contributed by atoms with E-state index < -0.39 is 88.8 Å². The van der Waals surface area contributed by atoms with Crippen molar-refractivity contribution in [1.29, 1.82) is 0 Å². The smallest absolute Gasteiger partial charge is 0.303 e. The van der Waals surface area contributed by atoms with Gasteiger partial charge in [-0.2, -0.15) is 0 Å². The van der Waals surface area contributed by atoms with Crippen LogP contribution in [0.3, 0.4) is 0 Å². The lowest BCUT2D eigenvalue weighted by Crippen LogP contribution is -2.63. The zero-order valence-electron chi connectivity index (χ0n) is 26.4. The Bertz CT molecular complexity index is 1570. The van der Waals surface area contributed by atoms with E-state index >= 15 is 0 Å². The predicted octanol–water partition coefficient (Wildman–Crippen LogP) is 3.75. The highest BCUT2D eigenvalue weighted by Gasteiger charge is 2.53. The van der Waals surface area contributed by atoms with Gasteiger partial charge < -0.3 is 37.7 Å². The van der Waals surface area contributed by atoms with Gasteiger partial charge in [-0.25, -0.2) is 0 Å². The van der Waals surface area contributed by atoms with E-state index in [9.17, 15) is 19.2 Å². The van der Waals surface area contributed by atoms with Crippen LogP contribution in [0.5, 0.6) is 11.5 Å². The Morgan fingerprint density at radius 3 is 2.24 bits per heavy atom. The van der Waals surface area contributed by atoms with E-state index in [-0.39, 0.29) is 10.8 Å². The van der Waals surface area contributed by atoms with Gasteiger partial charge in [0.1, 0.15) is 24.2 Å². The van der Waals surface area contributed by atoms with Gasteiger partial charge in [-0.3, -0.25) is 19.2 Å². The van der Waals surface area contributed by atoms with Crippen LogP contribution < -0.4 is 9.47 Å². The molecule has 0 amide bonds. The highest BCUT2D eigenvalue weighted by atomic mass is 35.5. The number of carbonyl (C=O) groups is 4. The van der Waals surface area contributed by atoms with E-state index in [1.54, 1.807) is 19.2 Å². The van der Waals surface area contributed by atoms with E-state index in [4.69, 9.17) is 50.2 Å². The maximum absolute atomic E-state index is 12.3. The maximum Gasteiger partial charge on any atom is 0.303 e. The molecule has 0 N–H and O–H groups in total. The SMILES string of the molecule is [2H]CC(=O)OC[C@H]1OC(Oc2ccc(-n3ccc4cc(OC)ccc43)cc2Cl)[C@@H](OC(=O)C[2H])[C@@H](OC(=O)C[2H])[C@@H]1OC(=O)C[2H]. The summed E-state index contributed by atoms with van der Waals surface area (Å²) < 4.78 is 69.5. The second kappa shape index (κ2) is 13.1. The van der Waals surface area contributed by atoms with Crippen molar-refractivity contribution in [3.05, 3.63) is 53.7 Å². The summed E-state index contributed by atoms with van der Waals surface area (Å²) in [6.45, 7) is -3.93. The molecule has 13 heteroatoms. The van der Waals surface area contributed by atoms with E-state index in [0.717, 1.165) is 10.9 Å². The molecule has 3 aromatic rings. The summed E-state index contributed by atoms with van der Waals surface area (Å²) in [6, 6.07) is 12.2. The molecule has 42 heavy (non-hydrogen) atoms. The first-order valence-corrected chi connectivity index (χ1v) is 12.7. The van der Waals surface area contributed by atoms with Crippen LogP contribution in [0, 0.1) is 0 Å². The molecule has 0 spiro atoms. The van der Waals surface area contributed by atoms with Crippen molar-refractivity contribution in [2.75, 3.05) is 13.7 Å². The fraction of sp³-hybridized carbons (Fsp3) is 0.379. The number of carbonyl (C=O) groups excluding carboxylic acids is 4. The number of ether oxygens (including phenoxy) is 7. The highest BCUT2D eigenvalue weighted by Crippen LogP contribution is 2.35. The number of rotatable bonds is 9. The molecule has 2 heterocycles. The monoisotopic (exact) mass is 607 g/mol. The molecule has 1 saturated heterocycles. The Morgan fingerprint density at radius 2 is 1.57 bits per heavy atom. The fourth-order valence-electron chi connectivity index (χ4n) is 4.47. The molecule has 1 aliphatic heterocycles. The Kier molecular flexibility index (Phi) is 7.95. The summed E-state index contributed by atoms with van der Waals surface area (Å²) in [5, 5.41) is 0.998. The number of hydrogen-bond acceptors (Lipinski definition) is 11. The first-order chi connectivity index (χ1) is 22.1. The average molecular weight is 608 g/mol. The van der Waals surface area contributed by atoms with Crippen LogP contribution in [0.25, 0.3) is 16.6 Å². The lowest BCUT2D eigenvalue weighted by molar-refractivity contribution is -0.288. The number of aromatic nitrogens is 1. The van der Waals surface area contributed by atoms with Crippen LogP contribution in [0.2, 0.25) is 5.02 Å². The van der Waals surface area contributed by atoms with Crippen molar-refractivity contribution in [3.8, 4) is 17.2 Å². The molecule has 12 nitrogen and oxygen atoms in total. The molecule has 0 bridgehead atoms.